The summed E-state index contributed by atoms with van der Waals surface area (Å²) in [5.41, 5.74) is 11.3. The minimum absolute atomic E-state index is 0.0615. The zero-order chi connectivity index (χ0) is 23.1. The van der Waals surface area contributed by atoms with Crippen LogP contribution in [0.3, 0.4) is 0 Å². The van der Waals surface area contributed by atoms with E-state index in [0.717, 1.165) is 85.3 Å². The standard InChI is InChI=1S/C26H30N6O2/c27-18-6-2-4-8-20(18)28-24-17-5-1-3-7-19(17)31-26(33)23(24)25-29-21-10-9-16(15-22(21)30-25)32-11-13-34-14-12-32/h1,3,5,7,9-10,15,18,20H,2,4,6,8,11-14,27H2,(H,29,30)(H2,28,31,33)/t18-,20-/m1/s1. The molecule has 0 spiro atoms. The lowest BCUT2D eigenvalue weighted by molar-refractivity contribution is 0.122. The quantitative estimate of drug-likeness (QED) is 0.372. The molecule has 1 saturated heterocycles. The van der Waals surface area contributed by atoms with Crippen LogP contribution >= 0.6 is 0 Å². The topological polar surface area (TPSA) is 112 Å². The highest BCUT2D eigenvalue weighted by atomic mass is 16.5. The van der Waals surface area contributed by atoms with Crippen LogP contribution in [-0.4, -0.2) is 53.3 Å². The third-order valence-corrected chi connectivity index (χ3v) is 7.15. The summed E-state index contributed by atoms with van der Waals surface area (Å²) < 4.78 is 5.48. The smallest absolute Gasteiger partial charge is 0.261 e. The molecule has 8 heteroatoms. The van der Waals surface area contributed by atoms with E-state index >= 15 is 0 Å². The summed E-state index contributed by atoms with van der Waals surface area (Å²) >= 11 is 0. The summed E-state index contributed by atoms with van der Waals surface area (Å²) in [7, 11) is 0. The lowest BCUT2D eigenvalue weighted by Crippen LogP contribution is -2.43. The maximum absolute atomic E-state index is 13.4. The van der Waals surface area contributed by atoms with E-state index in [1.165, 1.54) is 0 Å². The van der Waals surface area contributed by atoms with Crippen LogP contribution in [0.2, 0.25) is 0 Å². The number of nitrogens with one attached hydrogen (secondary N) is 3. The van der Waals surface area contributed by atoms with Gasteiger partial charge in [0, 0.05) is 36.2 Å². The summed E-state index contributed by atoms with van der Waals surface area (Å²) in [5.74, 6) is 0.563. The summed E-state index contributed by atoms with van der Waals surface area (Å²) in [6, 6.07) is 14.3. The molecule has 5 N–H and O–H groups in total. The van der Waals surface area contributed by atoms with E-state index in [2.05, 4.69) is 32.3 Å². The van der Waals surface area contributed by atoms with Crippen molar-refractivity contribution in [3.8, 4) is 11.4 Å². The van der Waals surface area contributed by atoms with Crippen molar-refractivity contribution in [3.05, 3.63) is 52.8 Å². The van der Waals surface area contributed by atoms with Gasteiger partial charge in [-0.25, -0.2) is 4.98 Å². The van der Waals surface area contributed by atoms with Crippen LogP contribution in [0.4, 0.5) is 11.4 Å². The molecule has 0 bridgehead atoms. The fraction of sp³-hybridized carbons (Fsp3) is 0.385. The Kier molecular flexibility index (Phi) is 5.47. The second-order valence-electron chi connectivity index (χ2n) is 9.34. The summed E-state index contributed by atoms with van der Waals surface area (Å²) in [6.45, 7) is 3.19. The highest BCUT2D eigenvalue weighted by molar-refractivity contribution is 5.99. The number of hydrogen-bond acceptors (Lipinski definition) is 6. The monoisotopic (exact) mass is 458 g/mol. The normalized spacial score (nSPS) is 21.3. The molecule has 0 amide bonds. The van der Waals surface area contributed by atoms with E-state index in [-0.39, 0.29) is 17.6 Å². The van der Waals surface area contributed by atoms with E-state index in [0.29, 0.717) is 11.4 Å². The van der Waals surface area contributed by atoms with Gasteiger partial charge in [-0.15, -0.1) is 0 Å². The molecular formula is C26H30N6O2. The average Bonchev–Trinajstić information content (AvgIpc) is 3.28. The van der Waals surface area contributed by atoms with Gasteiger partial charge in [0.15, 0.2) is 0 Å². The molecule has 6 rings (SSSR count). The third-order valence-electron chi connectivity index (χ3n) is 7.15. The van der Waals surface area contributed by atoms with Crippen molar-refractivity contribution in [2.24, 2.45) is 5.73 Å². The highest BCUT2D eigenvalue weighted by Crippen LogP contribution is 2.33. The lowest BCUT2D eigenvalue weighted by Gasteiger charge is -2.31. The third kappa shape index (κ3) is 3.82. The highest BCUT2D eigenvalue weighted by Gasteiger charge is 2.25. The number of anilines is 2. The average molecular weight is 459 g/mol. The van der Waals surface area contributed by atoms with Gasteiger partial charge in [0.05, 0.1) is 35.5 Å². The predicted molar refractivity (Wildman–Crippen MR) is 137 cm³/mol. The number of nitrogens with zero attached hydrogens (tertiary/aromatic N) is 2. The Morgan fingerprint density at radius 2 is 1.85 bits per heavy atom. The van der Waals surface area contributed by atoms with E-state index in [1.807, 2.05) is 30.3 Å². The molecule has 1 aliphatic carbocycles. The molecule has 2 fully saturated rings. The zero-order valence-corrected chi connectivity index (χ0v) is 19.1. The minimum Gasteiger partial charge on any atom is -0.379 e. The Bertz CT molecular complexity index is 1390. The molecule has 176 valence electrons. The number of para-hydroxylation sites is 1. The molecule has 34 heavy (non-hydrogen) atoms. The van der Waals surface area contributed by atoms with E-state index in [1.54, 1.807) is 0 Å². The maximum Gasteiger partial charge on any atom is 0.261 e. The number of imidazole rings is 1. The van der Waals surface area contributed by atoms with Gasteiger partial charge in [0.1, 0.15) is 11.4 Å². The Morgan fingerprint density at radius 1 is 1.03 bits per heavy atom. The number of ether oxygens (including phenoxy) is 1. The van der Waals surface area contributed by atoms with Crippen molar-refractivity contribution >= 4 is 33.3 Å². The number of nitrogens with two attached hydrogens (primary N) is 1. The van der Waals surface area contributed by atoms with Crippen molar-refractivity contribution in [1.82, 2.24) is 15.0 Å². The number of morpholine rings is 1. The van der Waals surface area contributed by atoms with Gasteiger partial charge < -0.3 is 30.7 Å². The molecule has 1 aliphatic heterocycles. The fourth-order valence-corrected chi connectivity index (χ4v) is 5.27. The van der Waals surface area contributed by atoms with Gasteiger partial charge in [-0.2, -0.15) is 0 Å². The summed E-state index contributed by atoms with van der Waals surface area (Å²) in [6.07, 6.45) is 4.27. The Labute approximate surface area is 197 Å². The number of aromatic amines is 2. The number of rotatable bonds is 4. The molecule has 2 aromatic heterocycles. The first-order chi connectivity index (χ1) is 16.7. The second kappa shape index (κ2) is 8.77. The van der Waals surface area contributed by atoms with Crippen LogP contribution in [0, 0.1) is 0 Å². The SMILES string of the molecule is N[C@@H]1CCCC[C@H]1Nc1c(-c2nc3cc(N4CCOCC4)ccc3[nH]2)c(=O)[nH]c2ccccc12. The Morgan fingerprint density at radius 3 is 2.71 bits per heavy atom. The maximum atomic E-state index is 13.4. The molecule has 4 aromatic rings. The largest absolute Gasteiger partial charge is 0.379 e. The van der Waals surface area contributed by atoms with E-state index in [4.69, 9.17) is 15.5 Å². The van der Waals surface area contributed by atoms with Gasteiger partial charge in [0.2, 0.25) is 0 Å². The van der Waals surface area contributed by atoms with Crippen molar-refractivity contribution in [2.45, 2.75) is 37.8 Å². The van der Waals surface area contributed by atoms with Crippen molar-refractivity contribution in [1.29, 1.82) is 0 Å². The number of H-pyrrole nitrogens is 2. The molecule has 1 saturated carbocycles. The molecular weight excluding hydrogens is 428 g/mol. The molecule has 2 aromatic carbocycles. The molecule has 8 nitrogen and oxygen atoms in total. The number of pyridine rings is 1. The number of hydrogen-bond donors (Lipinski definition) is 4. The van der Waals surface area contributed by atoms with Gasteiger partial charge in [-0.1, -0.05) is 31.0 Å². The zero-order valence-electron chi connectivity index (χ0n) is 19.1. The summed E-state index contributed by atoms with van der Waals surface area (Å²) in [5, 5.41) is 4.62. The molecule has 2 aliphatic rings. The molecule has 0 radical (unpaired) electrons. The number of fused-ring (bicyclic) bond motifs is 2. The number of benzene rings is 2. The van der Waals surface area contributed by atoms with Crippen LogP contribution in [0.15, 0.2) is 47.3 Å². The predicted octanol–water partition coefficient (Wildman–Crippen LogP) is 3.59. The first-order valence-electron chi connectivity index (χ1n) is 12.2. The first kappa shape index (κ1) is 21.2. The Balaban J connectivity index is 1.46. The van der Waals surface area contributed by atoms with Gasteiger partial charge in [-0.3, -0.25) is 4.79 Å². The van der Waals surface area contributed by atoms with Crippen molar-refractivity contribution in [2.75, 3.05) is 36.5 Å². The Hall–Kier alpha value is -3.36. The van der Waals surface area contributed by atoms with Crippen LogP contribution in [0.5, 0.6) is 0 Å². The van der Waals surface area contributed by atoms with E-state index in [9.17, 15) is 4.79 Å². The van der Waals surface area contributed by atoms with Gasteiger partial charge >= 0.3 is 0 Å². The van der Waals surface area contributed by atoms with Crippen LogP contribution in [0.25, 0.3) is 33.3 Å². The van der Waals surface area contributed by atoms with Gasteiger partial charge in [0.25, 0.3) is 5.56 Å². The van der Waals surface area contributed by atoms with E-state index < -0.39 is 0 Å². The van der Waals surface area contributed by atoms with Crippen LogP contribution < -0.4 is 21.5 Å². The number of aromatic nitrogens is 3. The van der Waals surface area contributed by atoms with Crippen LogP contribution in [0.1, 0.15) is 25.7 Å². The lowest BCUT2D eigenvalue weighted by atomic mass is 9.90. The van der Waals surface area contributed by atoms with Crippen molar-refractivity contribution in [3.63, 3.8) is 0 Å². The van der Waals surface area contributed by atoms with Gasteiger partial charge in [-0.05, 0) is 37.1 Å². The van der Waals surface area contributed by atoms with Crippen LogP contribution in [-0.2, 0) is 4.74 Å². The molecule has 0 unspecified atom stereocenters. The second-order valence-corrected chi connectivity index (χ2v) is 9.34. The first-order valence-corrected chi connectivity index (χ1v) is 12.2. The minimum atomic E-state index is -0.168. The molecule has 3 heterocycles. The summed E-state index contributed by atoms with van der Waals surface area (Å²) in [4.78, 5) is 27.0. The molecule has 2 atom stereocenters. The van der Waals surface area contributed by atoms with Crippen molar-refractivity contribution < 1.29 is 4.74 Å². The fourth-order valence-electron chi connectivity index (χ4n) is 5.27.